The molecule has 1 aromatic heterocycles. The number of aromatic nitrogens is 1. The van der Waals surface area contributed by atoms with Crippen LogP contribution in [0.5, 0.6) is 0 Å². The summed E-state index contributed by atoms with van der Waals surface area (Å²) in [4.78, 5) is 17.2. The fourth-order valence-electron chi connectivity index (χ4n) is 2.29. The molecule has 17 heavy (non-hydrogen) atoms. The molecule has 0 unspecified atom stereocenters. The summed E-state index contributed by atoms with van der Waals surface area (Å²) < 4.78 is 0.927. The van der Waals surface area contributed by atoms with Crippen molar-refractivity contribution in [2.45, 2.75) is 33.1 Å². The zero-order valence-corrected chi connectivity index (χ0v) is 12.0. The lowest BCUT2D eigenvalue weighted by Crippen LogP contribution is -2.32. The molecule has 0 aliphatic carbocycles. The van der Waals surface area contributed by atoms with Gasteiger partial charge in [0.1, 0.15) is 5.69 Å². The highest BCUT2D eigenvalue weighted by molar-refractivity contribution is 9.10. The number of likely N-dealkylation sites (tertiary alicyclic amines) is 1. The first kappa shape index (κ1) is 12.7. The van der Waals surface area contributed by atoms with Crippen molar-refractivity contribution in [1.29, 1.82) is 0 Å². The van der Waals surface area contributed by atoms with E-state index < -0.39 is 0 Å². The van der Waals surface area contributed by atoms with E-state index in [2.05, 4.69) is 34.8 Å². The minimum absolute atomic E-state index is 0.119. The molecule has 1 N–H and O–H groups in total. The average molecular weight is 299 g/mol. The summed E-state index contributed by atoms with van der Waals surface area (Å²) in [5.41, 5.74) is 1.04. The lowest BCUT2D eigenvalue weighted by atomic mass is 9.85. The standard InChI is InChI=1S/C13H19BrN2O/c1-13(2)4-3-6-16(7-5-13)12(17)11-8-10(14)9-15-11/h8-9,15H,3-7H2,1-2H3. The Hall–Kier alpha value is -0.770. The fraction of sp³-hybridized carbons (Fsp3) is 0.615. The summed E-state index contributed by atoms with van der Waals surface area (Å²) in [6.45, 7) is 6.31. The molecule has 0 bridgehead atoms. The van der Waals surface area contributed by atoms with Gasteiger partial charge in [-0.05, 0) is 46.7 Å². The summed E-state index contributed by atoms with van der Waals surface area (Å²) in [7, 11) is 0. The number of rotatable bonds is 1. The van der Waals surface area contributed by atoms with Gasteiger partial charge in [-0.2, -0.15) is 0 Å². The minimum atomic E-state index is 0.119. The van der Waals surface area contributed by atoms with Gasteiger partial charge in [-0.25, -0.2) is 0 Å². The largest absolute Gasteiger partial charge is 0.356 e. The summed E-state index contributed by atoms with van der Waals surface area (Å²) >= 11 is 3.36. The summed E-state index contributed by atoms with van der Waals surface area (Å²) in [6.07, 6.45) is 5.18. The molecule has 1 fully saturated rings. The molecule has 2 rings (SSSR count). The fourth-order valence-corrected chi connectivity index (χ4v) is 2.63. The second kappa shape index (κ2) is 4.84. The quantitative estimate of drug-likeness (QED) is 0.847. The van der Waals surface area contributed by atoms with Gasteiger partial charge < -0.3 is 9.88 Å². The van der Waals surface area contributed by atoms with Crippen LogP contribution >= 0.6 is 15.9 Å². The number of carbonyl (C=O) groups is 1. The molecule has 1 aliphatic rings. The second-order valence-electron chi connectivity index (χ2n) is 5.54. The van der Waals surface area contributed by atoms with Crippen LogP contribution in [0.25, 0.3) is 0 Å². The van der Waals surface area contributed by atoms with E-state index in [0.717, 1.165) is 30.4 Å². The maximum Gasteiger partial charge on any atom is 0.270 e. The van der Waals surface area contributed by atoms with E-state index in [1.165, 1.54) is 6.42 Å². The minimum Gasteiger partial charge on any atom is -0.356 e. The van der Waals surface area contributed by atoms with Gasteiger partial charge in [0.15, 0.2) is 0 Å². The van der Waals surface area contributed by atoms with Crippen LogP contribution in [0.15, 0.2) is 16.7 Å². The number of aromatic amines is 1. The van der Waals surface area contributed by atoms with Crippen molar-refractivity contribution in [2.75, 3.05) is 13.1 Å². The zero-order chi connectivity index (χ0) is 12.5. The van der Waals surface area contributed by atoms with E-state index in [0.29, 0.717) is 11.1 Å². The number of H-pyrrole nitrogens is 1. The van der Waals surface area contributed by atoms with Gasteiger partial charge in [0.2, 0.25) is 0 Å². The smallest absolute Gasteiger partial charge is 0.270 e. The predicted molar refractivity (Wildman–Crippen MR) is 72.0 cm³/mol. The van der Waals surface area contributed by atoms with Crippen molar-refractivity contribution in [3.63, 3.8) is 0 Å². The monoisotopic (exact) mass is 298 g/mol. The lowest BCUT2D eigenvalue weighted by molar-refractivity contribution is 0.0752. The number of hydrogen-bond acceptors (Lipinski definition) is 1. The van der Waals surface area contributed by atoms with E-state index >= 15 is 0 Å². The highest BCUT2D eigenvalue weighted by atomic mass is 79.9. The summed E-state index contributed by atoms with van der Waals surface area (Å²) in [6, 6.07) is 1.85. The van der Waals surface area contributed by atoms with Crippen molar-refractivity contribution in [2.24, 2.45) is 5.41 Å². The lowest BCUT2D eigenvalue weighted by Gasteiger charge is -2.23. The van der Waals surface area contributed by atoms with Crippen molar-refractivity contribution < 1.29 is 4.79 Å². The molecule has 0 spiro atoms. The first-order valence-corrected chi connectivity index (χ1v) is 6.90. The summed E-state index contributed by atoms with van der Waals surface area (Å²) in [5, 5.41) is 0. The number of nitrogens with one attached hydrogen (secondary N) is 1. The number of halogens is 1. The molecule has 4 heteroatoms. The molecule has 1 aliphatic heterocycles. The molecule has 2 heterocycles. The molecule has 1 amide bonds. The molecule has 0 atom stereocenters. The predicted octanol–water partition coefficient (Wildman–Crippen LogP) is 3.43. The Morgan fingerprint density at radius 2 is 2.18 bits per heavy atom. The van der Waals surface area contributed by atoms with Crippen LogP contribution in [-0.2, 0) is 0 Å². The Morgan fingerprint density at radius 1 is 1.41 bits per heavy atom. The molecular formula is C13H19BrN2O. The zero-order valence-electron chi connectivity index (χ0n) is 10.4. The number of carbonyl (C=O) groups excluding carboxylic acids is 1. The molecule has 0 radical (unpaired) electrons. The molecule has 1 aromatic rings. The van der Waals surface area contributed by atoms with Gasteiger partial charge in [-0.15, -0.1) is 0 Å². The first-order chi connectivity index (χ1) is 7.98. The van der Waals surface area contributed by atoms with Crippen molar-refractivity contribution in [3.05, 3.63) is 22.4 Å². The number of nitrogens with zero attached hydrogens (tertiary/aromatic N) is 1. The average Bonchev–Trinajstić information content (AvgIpc) is 2.60. The third kappa shape index (κ3) is 3.12. The Labute approximate surface area is 111 Å². The Kier molecular flexibility index (Phi) is 3.61. The highest BCUT2D eigenvalue weighted by Gasteiger charge is 2.26. The molecule has 3 nitrogen and oxygen atoms in total. The van der Waals surface area contributed by atoms with Crippen LogP contribution in [0.3, 0.4) is 0 Å². The van der Waals surface area contributed by atoms with Crippen molar-refractivity contribution in [3.8, 4) is 0 Å². The van der Waals surface area contributed by atoms with Crippen LogP contribution in [-0.4, -0.2) is 28.9 Å². The van der Waals surface area contributed by atoms with Crippen LogP contribution in [0.4, 0.5) is 0 Å². The maximum absolute atomic E-state index is 12.3. The van der Waals surface area contributed by atoms with E-state index in [1.54, 1.807) is 6.20 Å². The third-order valence-corrected chi connectivity index (χ3v) is 3.96. The van der Waals surface area contributed by atoms with Crippen LogP contribution in [0.1, 0.15) is 43.6 Å². The molecule has 0 aromatic carbocycles. The Bertz CT molecular complexity index is 411. The van der Waals surface area contributed by atoms with Crippen LogP contribution < -0.4 is 0 Å². The maximum atomic E-state index is 12.3. The van der Waals surface area contributed by atoms with Crippen molar-refractivity contribution >= 4 is 21.8 Å². The van der Waals surface area contributed by atoms with E-state index in [-0.39, 0.29) is 5.91 Å². The number of hydrogen-bond donors (Lipinski definition) is 1. The number of amides is 1. The summed E-state index contributed by atoms with van der Waals surface area (Å²) in [5.74, 6) is 0.119. The van der Waals surface area contributed by atoms with E-state index in [9.17, 15) is 4.79 Å². The van der Waals surface area contributed by atoms with Gasteiger partial charge in [-0.1, -0.05) is 13.8 Å². The van der Waals surface area contributed by atoms with E-state index in [1.807, 2.05) is 11.0 Å². The molecule has 1 saturated heterocycles. The van der Waals surface area contributed by atoms with Gasteiger partial charge in [-0.3, -0.25) is 4.79 Å². The van der Waals surface area contributed by atoms with Crippen LogP contribution in [0.2, 0.25) is 0 Å². The highest BCUT2D eigenvalue weighted by Crippen LogP contribution is 2.30. The normalized spacial score (nSPS) is 20.1. The van der Waals surface area contributed by atoms with Crippen molar-refractivity contribution in [1.82, 2.24) is 9.88 Å². The van der Waals surface area contributed by atoms with Gasteiger partial charge in [0, 0.05) is 23.8 Å². The van der Waals surface area contributed by atoms with Gasteiger partial charge >= 0.3 is 0 Å². The topological polar surface area (TPSA) is 36.1 Å². The molecule has 0 saturated carbocycles. The van der Waals surface area contributed by atoms with E-state index in [4.69, 9.17) is 0 Å². The van der Waals surface area contributed by atoms with Gasteiger partial charge in [0.05, 0.1) is 0 Å². The first-order valence-electron chi connectivity index (χ1n) is 6.11. The van der Waals surface area contributed by atoms with Gasteiger partial charge in [0.25, 0.3) is 5.91 Å². The van der Waals surface area contributed by atoms with Crippen LogP contribution in [0, 0.1) is 5.41 Å². The molecular weight excluding hydrogens is 280 g/mol. The second-order valence-corrected chi connectivity index (χ2v) is 6.46. The SMILES string of the molecule is CC1(C)CCCN(C(=O)c2cc(Br)c[nH]2)CC1. The Morgan fingerprint density at radius 3 is 2.82 bits per heavy atom. The molecule has 94 valence electrons. The Balaban J connectivity index is 2.05. The third-order valence-electron chi connectivity index (χ3n) is 3.51.